The van der Waals surface area contributed by atoms with Gasteiger partial charge in [-0.1, -0.05) is 36.6 Å². The van der Waals surface area contributed by atoms with Gasteiger partial charge in [0.2, 0.25) is 0 Å². The lowest BCUT2D eigenvalue weighted by atomic mass is 9.59. The van der Waals surface area contributed by atoms with Gasteiger partial charge < -0.3 is 4.74 Å². The van der Waals surface area contributed by atoms with Gasteiger partial charge in [-0.05, 0) is 63.3 Å². The number of allylic oxidation sites excluding steroid dienone is 1. The summed E-state index contributed by atoms with van der Waals surface area (Å²) in [5, 5.41) is 0. The molecule has 126 valence electrons. The van der Waals surface area contributed by atoms with Crippen LogP contribution >= 0.6 is 0 Å². The topological polar surface area (TPSA) is 12.5 Å². The van der Waals surface area contributed by atoms with Crippen molar-refractivity contribution in [3.8, 4) is 5.75 Å². The van der Waals surface area contributed by atoms with E-state index in [9.17, 15) is 0 Å². The normalized spacial score (nSPS) is 28.0. The SMILES string of the molecule is COc1cccc(C23CCCCC2CN(CC=C(C)C)CC3)c1. The fourth-order valence-electron chi connectivity index (χ4n) is 4.60. The molecule has 2 atom stereocenters. The summed E-state index contributed by atoms with van der Waals surface area (Å²) in [6.45, 7) is 7.99. The Bertz CT molecular complexity index is 561. The summed E-state index contributed by atoms with van der Waals surface area (Å²) < 4.78 is 5.49. The molecule has 2 fully saturated rings. The smallest absolute Gasteiger partial charge is 0.119 e. The zero-order valence-corrected chi connectivity index (χ0v) is 15.0. The van der Waals surface area contributed by atoms with Gasteiger partial charge in [-0.2, -0.15) is 0 Å². The molecule has 1 heterocycles. The fraction of sp³-hybridized carbons (Fsp3) is 0.619. The van der Waals surface area contributed by atoms with Crippen molar-refractivity contribution in [1.82, 2.24) is 4.90 Å². The monoisotopic (exact) mass is 313 g/mol. The highest BCUT2D eigenvalue weighted by Gasteiger charge is 2.45. The van der Waals surface area contributed by atoms with Crippen LogP contribution in [0.2, 0.25) is 0 Å². The average Bonchev–Trinajstić information content (AvgIpc) is 2.59. The van der Waals surface area contributed by atoms with Crippen LogP contribution in [-0.4, -0.2) is 31.6 Å². The number of rotatable bonds is 4. The third-order valence-corrected chi connectivity index (χ3v) is 5.96. The molecule has 2 nitrogen and oxygen atoms in total. The van der Waals surface area contributed by atoms with E-state index in [1.165, 1.54) is 56.3 Å². The van der Waals surface area contributed by atoms with Gasteiger partial charge in [0.25, 0.3) is 0 Å². The predicted octanol–water partition coefficient (Wildman–Crippen LogP) is 4.80. The van der Waals surface area contributed by atoms with Gasteiger partial charge in [-0.3, -0.25) is 4.90 Å². The zero-order valence-electron chi connectivity index (χ0n) is 15.0. The standard InChI is InChI=1S/C21H31NO/c1-17(2)10-13-22-14-12-21(11-5-4-7-19(21)16-22)18-8-6-9-20(15-18)23-3/h6,8-10,15,19H,4-5,7,11-14,16H2,1-3H3. The fourth-order valence-corrected chi connectivity index (χ4v) is 4.60. The summed E-state index contributed by atoms with van der Waals surface area (Å²) in [5.74, 6) is 1.80. The molecule has 0 amide bonds. The first-order chi connectivity index (χ1) is 11.1. The number of fused-ring (bicyclic) bond motifs is 1. The van der Waals surface area contributed by atoms with E-state index in [2.05, 4.69) is 49.1 Å². The molecular weight excluding hydrogens is 282 g/mol. The first kappa shape index (κ1) is 16.6. The van der Waals surface area contributed by atoms with Crippen LogP contribution in [0.5, 0.6) is 5.75 Å². The molecule has 0 N–H and O–H groups in total. The van der Waals surface area contributed by atoms with Crippen molar-refractivity contribution in [2.45, 2.75) is 51.4 Å². The average molecular weight is 313 g/mol. The Balaban J connectivity index is 1.83. The summed E-state index contributed by atoms with van der Waals surface area (Å²) >= 11 is 0. The van der Waals surface area contributed by atoms with E-state index in [1.54, 1.807) is 7.11 Å². The van der Waals surface area contributed by atoms with Crippen LogP contribution in [0.4, 0.5) is 0 Å². The number of hydrogen-bond donors (Lipinski definition) is 0. The second kappa shape index (κ2) is 7.09. The highest BCUT2D eigenvalue weighted by molar-refractivity contribution is 5.35. The van der Waals surface area contributed by atoms with Crippen molar-refractivity contribution in [3.63, 3.8) is 0 Å². The van der Waals surface area contributed by atoms with Gasteiger partial charge in [-0.15, -0.1) is 0 Å². The molecule has 1 aromatic carbocycles. The summed E-state index contributed by atoms with van der Waals surface area (Å²) in [7, 11) is 1.77. The maximum absolute atomic E-state index is 5.49. The van der Waals surface area contributed by atoms with Crippen LogP contribution in [0.3, 0.4) is 0 Å². The minimum atomic E-state index is 0.383. The first-order valence-corrected chi connectivity index (χ1v) is 9.14. The lowest BCUT2D eigenvalue weighted by Crippen LogP contribution is -2.51. The van der Waals surface area contributed by atoms with Crippen molar-refractivity contribution in [3.05, 3.63) is 41.5 Å². The van der Waals surface area contributed by atoms with Gasteiger partial charge >= 0.3 is 0 Å². The van der Waals surface area contributed by atoms with Crippen LogP contribution in [0.15, 0.2) is 35.9 Å². The number of methoxy groups -OCH3 is 1. The molecule has 1 aliphatic carbocycles. The number of ether oxygens (including phenoxy) is 1. The number of piperidine rings is 1. The minimum Gasteiger partial charge on any atom is -0.497 e. The lowest BCUT2D eigenvalue weighted by Gasteiger charge is -2.51. The lowest BCUT2D eigenvalue weighted by molar-refractivity contribution is 0.0626. The van der Waals surface area contributed by atoms with Crippen molar-refractivity contribution in [1.29, 1.82) is 0 Å². The molecule has 2 heteroatoms. The van der Waals surface area contributed by atoms with Crippen molar-refractivity contribution >= 4 is 0 Å². The molecule has 0 spiro atoms. The molecule has 1 saturated carbocycles. The first-order valence-electron chi connectivity index (χ1n) is 9.14. The van der Waals surface area contributed by atoms with E-state index >= 15 is 0 Å². The van der Waals surface area contributed by atoms with Gasteiger partial charge in [0.15, 0.2) is 0 Å². The number of likely N-dealkylation sites (tertiary alicyclic amines) is 1. The Morgan fingerprint density at radius 2 is 2.17 bits per heavy atom. The van der Waals surface area contributed by atoms with E-state index in [0.717, 1.165) is 18.2 Å². The second-order valence-electron chi connectivity index (χ2n) is 7.62. The van der Waals surface area contributed by atoms with Crippen LogP contribution in [0.25, 0.3) is 0 Å². The molecular formula is C21H31NO. The molecule has 1 aliphatic heterocycles. The highest BCUT2D eigenvalue weighted by Crippen LogP contribution is 2.49. The van der Waals surface area contributed by atoms with E-state index in [0.29, 0.717) is 5.41 Å². The van der Waals surface area contributed by atoms with E-state index in [1.807, 2.05) is 0 Å². The Labute approximate surface area is 141 Å². The maximum atomic E-state index is 5.49. The number of hydrogen-bond acceptors (Lipinski definition) is 2. The molecule has 0 radical (unpaired) electrons. The molecule has 23 heavy (non-hydrogen) atoms. The van der Waals surface area contributed by atoms with E-state index < -0.39 is 0 Å². The van der Waals surface area contributed by atoms with Gasteiger partial charge in [-0.25, -0.2) is 0 Å². The second-order valence-corrected chi connectivity index (χ2v) is 7.62. The number of benzene rings is 1. The Morgan fingerprint density at radius 1 is 1.30 bits per heavy atom. The van der Waals surface area contributed by atoms with Gasteiger partial charge in [0, 0.05) is 18.5 Å². The highest BCUT2D eigenvalue weighted by atomic mass is 16.5. The largest absolute Gasteiger partial charge is 0.497 e. The molecule has 3 rings (SSSR count). The quantitative estimate of drug-likeness (QED) is 0.741. The van der Waals surface area contributed by atoms with Crippen molar-refractivity contribution in [2.24, 2.45) is 5.92 Å². The number of nitrogens with zero attached hydrogens (tertiary/aromatic N) is 1. The molecule has 1 aromatic rings. The summed E-state index contributed by atoms with van der Waals surface area (Å²) in [6.07, 6.45) is 9.17. The summed E-state index contributed by atoms with van der Waals surface area (Å²) in [4.78, 5) is 2.65. The van der Waals surface area contributed by atoms with Crippen molar-refractivity contribution in [2.75, 3.05) is 26.7 Å². The van der Waals surface area contributed by atoms with Crippen LogP contribution in [-0.2, 0) is 5.41 Å². The van der Waals surface area contributed by atoms with Gasteiger partial charge in [0.05, 0.1) is 7.11 Å². The molecule has 2 unspecified atom stereocenters. The third-order valence-electron chi connectivity index (χ3n) is 5.96. The zero-order chi connectivity index (χ0) is 16.3. The molecule has 0 aromatic heterocycles. The Hall–Kier alpha value is -1.28. The summed E-state index contributed by atoms with van der Waals surface area (Å²) in [6, 6.07) is 8.88. The van der Waals surface area contributed by atoms with E-state index in [4.69, 9.17) is 4.74 Å². The third kappa shape index (κ3) is 3.47. The van der Waals surface area contributed by atoms with E-state index in [-0.39, 0.29) is 0 Å². The molecule has 2 aliphatic rings. The van der Waals surface area contributed by atoms with Crippen LogP contribution in [0, 0.1) is 5.92 Å². The predicted molar refractivity (Wildman–Crippen MR) is 97.1 cm³/mol. The van der Waals surface area contributed by atoms with Gasteiger partial charge in [0.1, 0.15) is 5.75 Å². The summed E-state index contributed by atoms with van der Waals surface area (Å²) in [5.41, 5.74) is 3.33. The maximum Gasteiger partial charge on any atom is 0.119 e. The minimum absolute atomic E-state index is 0.383. The molecule has 0 bridgehead atoms. The Kier molecular flexibility index (Phi) is 5.11. The Morgan fingerprint density at radius 3 is 2.96 bits per heavy atom. The molecule has 1 saturated heterocycles. The van der Waals surface area contributed by atoms with Crippen LogP contribution < -0.4 is 4.74 Å². The van der Waals surface area contributed by atoms with Crippen LogP contribution in [0.1, 0.15) is 51.5 Å². The van der Waals surface area contributed by atoms with Crippen molar-refractivity contribution < 1.29 is 4.74 Å².